The number of esters is 1. The molecule has 0 aromatic heterocycles. The van der Waals surface area contributed by atoms with Gasteiger partial charge in [-0.3, -0.25) is 4.79 Å². The molecule has 0 aliphatic heterocycles. The van der Waals surface area contributed by atoms with Gasteiger partial charge in [0.25, 0.3) is 0 Å². The summed E-state index contributed by atoms with van der Waals surface area (Å²) in [6.07, 6.45) is 0.920. The molecular formula is C18H17FO4S. The van der Waals surface area contributed by atoms with Gasteiger partial charge in [-0.05, 0) is 55.6 Å². The molecule has 0 radical (unpaired) electrons. The van der Waals surface area contributed by atoms with Crippen LogP contribution in [-0.4, -0.2) is 31.2 Å². The van der Waals surface area contributed by atoms with Crippen LogP contribution < -0.4 is 4.74 Å². The molecule has 2 rings (SSSR count). The van der Waals surface area contributed by atoms with Crippen LogP contribution in [0.5, 0.6) is 5.75 Å². The molecule has 0 spiro atoms. The smallest absolute Gasteiger partial charge is 0.342 e. The predicted octanol–water partition coefficient (Wildman–Crippen LogP) is 3.98. The molecular weight excluding hydrogens is 331 g/mol. The molecule has 0 unspecified atom stereocenters. The lowest BCUT2D eigenvalue weighted by molar-refractivity contribution is 0.0315. The van der Waals surface area contributed by atoms with Crippen molar-refractivity contribution in [2.24, 2.45) is 0 Å². The zero-order valence-corrected chi connectivity index (χ0v) is 14.4. The van der Waals surface area contributed by atoms with Gasteiger partial charge in [-0.1, -0.05) is 0 Å². The summed E-state index contributed by atoms with van der Waals surface area (Å²) in [6.45, 7) is 1.48. The van der Waals surface area contributed by atoms with Crippen molar-refractivity contribution < 1.29 is 23.5 Å². The van der Waals surface area contributed by atoms with E-state index in [0.29, 0.717) is 5.75 Å². The van der Waals surface area contributed by atoms with E-state index in [1.807, 2.05) is 6.26 Å². The molecule has 6 heteroatoms. The molecule has 0 saturated heterocycles. The highest BCUT2D eigenvalue weighted by atomic mass is 32.2. The highest BCUT2D eigenvalue weighted by Gasteiger charge is 2.22. The summed E-state index contributed by atoms with van der Waals surface area (Å²) < 4.78 is 23.4. The number of methoxy groups -OCH3 is 1. The Balaban J connectivity index is 2.14. The summed E-state index contributed by atoms with van der Waals surface area (Å²) in [5, 5.41) is 0. The SMILES string of the molecule is COc1cc(SC)ccc1C(=O)O[C@H](C)C(=O)c1ccc(F)cc1. The number of Topliss-reactive ketones (excluding diaryl/α,β-unsaturated/α-hetero) is 1. The molecule has 0 amide bonds. The second kappa shape index (κ2) is 7.97. The van der Waals surface area contributed by atoms with E-state index < -0.39 is 23.7 Å². The number of rotatable bonds is 6. The van der Waals surface area contributed by atoms with Crippen molar-refractivity contribution in [3.05, 3.63) is 59.4 Å². The minimum Gasteiger partial charge on any atom is -0.496 e. The molecule has 2 aromatic carbocycles. The minimum absolute atomic E-state index is 0.244. The average Bonchev–Trinajstić information content (AvgIpc) is 2.60. The molecule has 0 bridgehead atoms. The average molecular weight is 348 g/mol. The molecule has 0 N–H and O–H groups in total. The molecule has 0 saturated carbocycles. The van der Waals surface area contributed by atoms with Crippen LogP contribution in [-0.2, 0) is 4.74 Å². The van der Waals surface area contributed by atoms with Crippen molar-refractivity contribution in [1.82, 2.24) is 0 Å². The molecule has 0 heterocycles. The van der Waals surface area contributed by atoms with E-state index in [1.54, 1.807) is 18.2 Å². The van der Waals surface area contributed by atoms with Crippen LogP contribution in [0.1, 0.15) is 27.6 Å². The van der Waals surface area contributed by atoms with E-state index in [-0.39, 0.29) is 11.1 Å². The predicted molar refractivity (Wildman–Crippen MR) is 90.4 cm³/mol. The van der Waals surface area contributed by atoms with Crippen LogP contribution in [0.15, 0.2) is 47.4 Å². The number of thioether (sulfide) groups is 1. The van der Waals surface area contributed by atoms with Crippen LogP contribution in [0.4, 0.5) is 4.39 Å². The van der Waals surface area contributed by atoms with Crippen molar-refractivity contribution >= 4 is 23.5 Å². The summed E-state index contributed by atoms with van der Waals surface area (Å²) in [4.78, 5) is 25.5. The van der Waals surface area contributed by atoms with Crippen LogP contribution in [0.25, 0.3) is 0 Å². The zero-order chi connectivity index (χ0) is 17.7. The maximum atomic E-state index is 12.9. The standard InChI is InChI=1S/C18H17FO4S/c1-11(17(20)12-4-6-13(19)7-5-12)23-18(21)15-9-8-14(24-3)10-16(15)22-2/h4-11H,1-3H3/t11-/m1/s1. The zero-order valence-electron chi connectivity index (χ0n) is 13.5. The van der Waals surface area contributed by atoms with Gasteiger partial charge in [0.05, 0.1) is 7.11 Å². The molecule has 0 aliphatic rings. The van der Waals surface area contributed by atoms with Crippen LogP contribution >= 0.6 is 11.8 Å². The quantitative estimate of drug-likeness (QED) is 0.449. The lowest BCUT2D eigenvalue weighted by Gasteiger charge is -2.14. The summed E-state index contributed by atoms with van der Waals surface area (Å²) in [7, 11) is 1.46. The third-order valence-electron chi connectivity index (χ3n) is 3.41. The number of ether oxygens (including phenoxy) is 2. The molecule has 24 heavy (non-hydrogen) atoms. The van der Waals surface area contributed by atoms with Gasteiger partial charge in [0.15, 0.2) is 6.10 Å². The molecule has 126 valence electrons. The Morgan fingerprint density at radius 3 is 2.38 bits per heavy atom. The normalized spacial score (nSPS) is 11.7. The van der Waals surface area contributed by atoms with Crippen LogP contribution in [0, 0.1) is 5.82 Å². The largest absolute Gasteiger partial charge is 0.496 e. The van der Waals surface area contributed by atoms with Gasteiger partial charge >= 0.3 is 5.97 Å². The second-order valence-electron chi connectivity index (χ2n) is 4.98. The monoisotopic (exact) mass is 348 g/mol. The number of hydrogen-bond donors (Lipinski definition) is 0. The first-order chi connectivity index (χ1) is 11.5. The van der Waals surface area contributed by atoms with E-state index >= 15 is 0 Å². The fourth-order valence-corrected chi connectivity index (χ4v) is 2.52. The Morgan fingerprint density at radius 1 is 1.12 bits per heavy atom. The number of carbonyl (C=O) groups excluding carboxylic acids is 2. The van der Waals surface area contributed by atoms with E-state index in [9.17, 15) is 14.0 Å². The van der Waals surface area contributed by atoms with E-state index in [1.165, 1.54) is 50.1 Å². The summed E-state index contributed by atoms with van der Waals surface area (Å²) >= 11 is 1.52. The maximum absolute atomic E-state index is 12.9. The second-order valence-corrected chi connectivity index (χ2v) is 5.86. The first kappa shape index (κ1) is 18.0. The van der Waals surface area contributed by atoms with Gasteiger partial charge in [-0.2, -0.15) is 0 Å². The van der Waals surface area contributed by atoms with Crippen LogP contribution in [0.2, 0.25) is 0 Å². The topological polar surface area (TPSA) is 52.6 Å². The van der Waals surface area contributed by atoms with Gasteiger partial charge in [-0.25, -0.2) is 9.18 Å². The molecule has 2 aromatic rings. The lowest BCUT2D eigenvalue weighted by Crippen LogP contribution is -2.24. The Hall–Kier alpha value is -2.34. The third kappa shape index (κ3) is 4.14. The van der Waals surface area contributed by atoms with Crippen LogP contribution in [0.3, 0.4) is 0 Å². The van der Waals surface area contributed by atoms with Crippen molar-refractivity contribution in [1.29, 1.82) is 0 Å². The highest BCUT2D eigenvalue weighted by Crippen LogP contribution is 2.26. The first-order valence-electron chi connectivity index (χ1n) is 7.19. The van der Waals surface area contributed by atoms with Gasteiger partial charge < -0.3 is 9.47 Å². The summed E-state index contributed by atoms with van der Waals surface area (Å²) in [5.74, 6) is -1.10. The Morgan fingerprint density at radius 2 is 1.79 bits per heavy atom. The number of benzene rings is 2. The van der Waals surface area contributed by atoms with E-state index in [0.717, 1.165) is 4.90 Å². The Bertz CT molecular complexity index is 743. The summed E-state index contributed by atoms with van der Waals surface area (Å²) in [5.41, 5.74) is 0.524. The fourth-order valence-electron chi connectivity index (χ4n) is 2.09. The highest BCUT2D eigenvalue weighted by molar-refractivity contribution is 7.98. The lowest BCUT2D eigenvalue weighted by atomic mass is 10.1. The van der Waals surface area contributed by atoms with E-state index in [4.69, 9.17) is 9.47 Å². The first-order valence-corrected chi connectivity index (χ1v) is 8.41. The van der Waals surface area contributed by atoms with Gasteiger partial charge in [0.1, 0.15) is 17.1 Å². The van der Waals surface area contributed by atoms with Crippen molar-refractivity contribution in [2.75, 3.05) is 13.4 Å². The van der Waals surface area contributed by atoms with Crippen molar-refractivity contribution in [3.63, 3.8) is 0 Å². The third-order valence-corrected chi connectivity index (χ3v) is 4.14. The van der Waals surface area contributed by atoms with Gasteiger partial charge in [0, 0.05) is 10.5 Å². The Labute approximate surface area is 144 Å². The number of ketones is 1. The van der Waals surface area contributed by atoms with Gasteiger partial charge in [0.2, 0.25) is 5.78 Å². The Kier molecular flexibility index (Phi) is 5.98. The van der Waals surface area contributed by atoms with Crippen molar-refractivity contribution in [2.45, 2.75) is 17.9 Å². The number of halogens is 1. The maximum Gasteiger partial charge on any atom is 0.342 e. The molecule has 4 nitrogen and oxygen atoms in total. The molecule has 0 fully saturated rings. The fraction of sp³-hybridized carbons (Fsp3) is 0.222. The number of carbonyl (C=O) groups is 2. The molecule has 0 aliphatic carbocycles. The minimum atomic E-state index is -0.993. The van der Waals surface area contributed by atoms with Crippen molar-refractivity contribution in [3.8, 4) is 5.75 Å². The number of hydrogen-bond acceptors (Lipinski definition) is 5. The molecule has 1 atom stereocenters. The van der Waals surface area contributed by atoms with E-state index in [2.05, 4.69) is 0 Å². The summed E-state index contributed by atoms with van der Waals surface area (Å²) in [6, 6.07) is 10.2. The van der Waals surface area contributed by atoms with Gasteiger partial charge in [-0.15, -0.1) is 11.8 Å².